The number of hydrogen-bond acceptors (Lipinski definition) is 4. The third-order valence-electron chi connectivity index (χ3n) is 4.54. The quantitative estimate of drug-likeness (QED) is 0.809. The Morgan fingerprint density at radius 3 is 2.76 bits per heavy atom. The maximum absolute atomic E-state index is 12.8. The van der Waals surface area contributed by atoms with Gasteiger partial charge in [0.1, 0.15) is 5.76 Å². The molecule has 5 nitrogen and oxygen atoms in total. The molecule has 1 heterocycles. The van der Waals surface area contributed by atoms with Crippen LogP contribution in [0.4, 0.5) is 0 Å². The summed E-state index contributed by atoms with van der Waals surface area (Å²) in [4.78, 5) is 14.7. The molecule has 0 radical (unpaired) electrons. The van der Waals surface area contributed by atoms with Gasteiger partial charge in [-0.2, -0.15) is 0 Å². The first-order valence-corrected chi connectivity index (χ1v) is 8.06. The summed E-state index contributed by atoms with van der Waals surface area (Å²) in [5, 5.41) is 3.99. The van der Waals surface area contributed by atoms with Gasteiger partial charge in [-0.1, -0.05) is 24.4 Å². The predicted molar refractivity (Wildman–Crippen MR) is 78.3 cm³/mol. The third kappa shape index (κ3) is 3.46. The molecule has 0 aromatic carbocycles. The van der Waals surface area contributed by atoms with Crippen molar-refractivity contribution in [3.63, 3.8) is 0 Å². The van der Waals surface area contributed by atoms with Gasteiger partial charge in [0.15, 0.2) is 5.69 Å². The topological polar surface area (TPSA) is 55.6 Å². The maximum atomic E-state index is 12.8. The Bertz CT molecular complexity index is 476. The van der Waals surface area contributed by atoms with Gasteiger partial charge in [0.05, 0.1) is 6.61 Å². The van der Waals surface area contributed by atoms with Gasteiger partial charge in [0.25, 0.3) is 5.91 Å². The monoisotopic (exact) mass is 292 g/mol. The molecule has 0 atom stereocenters. The van der Waals surface area contributed by atoms with Crippen LogP contribution in [0.25, 0.3) is 0 Å². The minimum absolute atomic E-state index is 0.00500. The van der Waals surface area contributed by atoms with Crippen molar-refractivity contribution in [3.8, 4) is 0 Å². The maximum Gasteiger partial charge on any atom is 0.276 e. The summed E-state index contributed by atoms with van der Waals surface area (Å²) in [5.41, 5.74) is 0.457. The summed E-state index contributed by atoms with van der Waals surface area (Å²) in [6.45, 7) is 1.20. The van der Waals surface area contributed by atoms with Gasteiger partial charge in [-0.15, -0.1) is 0 Å². The van der Waals surface area contributed by atoms with E-state index in [9.17, 15) is 4.79 Å². The van der Waals surface area contributed by atoms with E-state index >= 15 is 0 Å². The molecule has 1 amide bonds. The first-order valence-electron chi connectivity index (χ1n) is 8.06. The van der Waals surface area contributed by atoms with Crippen LogP contribution in [-0.4, -0.2) is 42.3 Å². The van der Waals surface area contributed by atoms with Crippen molar-refractivity contribution in [3.05, 3.63) is 17.5 Å². The molecule has 0 bridgehead atoms. The van der Waals surface area contributed by atoms with Crippen LogP contribution >= 0.6 is 0 Å². The highest BCUT2D eigenvalue weighted by molar-refractivity contribution is 5.92. The number of amides is 1. The Morgan fingerprint density at radius 2 is 2.10 bits per heavy atom. The molecular formula is C16H24N2O3. The molecule has 5 heteroatoms. The number of hydrogen-bond donors (Lipinski definition) is 0. The smallest absolute Gasteiger partial charge is 0.276 e. The summed E-state index contributed by atoms with van der Waals surface area (Å²) in [6, 6.07) is 2.16. The SMILES string of the molecule is COCCN(C(=O)c1cc(C2CC2)on1)C1CCCCC1. The highest BCUT2D eigenvalue weighted by Crippen LogP contribution is 2.40. The fourth-order valence-electron chi connectivity index (χ4n) is 3.13. The van der Waals surface area contributed by atoms with Crippen LogP contribution in [-0.2, 0) is 4.74 Å². The lowest BCUT2D eigenvalue weighted by atomic mass is 9.94. The van der Waals surface area contributed by atoms with E-state index in [0.717, 1.165) is 31.4 Å². The Balaban J connectivity index is 1.71. The van der Waals surface area contributed by atoms with E-state index < -0.39 is 0 Å². The predicted octanol–water partition coefficient (Wildman–Crippen LogP) is 2.97. The lowest BCUT2D eigenvalue weighted by Gasteiger charge is -2.33. The van der Waals surface area contributed by atoms with Gasteiger partial charge in [0.2, 0.25) is 0 Å². The van der Waals surface area contributed by atoms with Crippen molar-refractivity contribution in [2.45, 2.75) is 56.9 Å². The molecule has 2 aliphatic rings. The standard InChI is InChI=1S/C16H24N2O3/c1-20-10-9-18(13-5-3-2-4-6-13)16(19)14-11-15(21-17-14)12-7-8-12/h11-13H,2-10H2,1H3. The molecule has 1 aromatic heterocycles. The second kappa shape index (κ2) is 6.60. The summed E-state index contributed by atoms with van der Waals surface area (Å²) in [5.74, 6) is 1.35. The third-order valence-corrected chi connectivity index (χ3v) is 4.54. The lowest BCUT2D eigenvalue weighted by molar-refractivity contribution is 0.0541. The zero-order valence-electron chi connectivity index (χ0n) is 12.7. The van der Waals surface area contributed by atoms with Crippen molar-refractivity contribution in [2.24, 2.45) is 0 Å². The summed E-state index contributed by atoms with van der Waals surface area (Å²) in [7, 11) is 1.67. The largest absolute Gasteiger partial charge is 0.383 e. The molecule has 0 spiro atoms. The Hall–Kier alpha value is -1.36. The van der Waals surface area contributed by atoms with Crippen LogP contribution in [0, 0.1) is 0 Å². The highest BCUT2D eigenvalue weighted by Gasteiger charge is 2.31. The average Bonchev–Trinajstić information content (AvgIpc) is 3.26. The van der Waals surface area contributed by atoms with Crippen molar-refractivity contribution in [1.82, 2.24) is 10.1 Å². The number of carbonyl (C=O) groups is 1. The first-order chi connectivity index (χ1) is 10.3. The number of nitrogens with zero attached hydrogens (tertiary/aromatic N) is 2. The van der Waals surface area contributed by atoms with Crippen LogP contribution in [0.5, 0.6) is 0 Å². The summed E-state index contributed by atoms with van der Waals surface area (Å²) in [6.07, 6.45) is 8.16. The average molecular weight is 292 g/mol. The highest BCUT2D eigenvalue weighted by atomic mass is 16.5. The normalized spacial score (nSPS) is 19.7. The fraction of sp³-hybridized carbons (Fsp3) is 0.750. The van der Waals surface area contributed by atoms with E-state index in [2.05, 4.69) is 5.16 Å². The first kappa shape index (κ1) is 14.6. The molecule has 1 aromatic rings. The molecule has 2 saturated carbocycles. The molecule has 116 valence electrons. The second-order valence-electron chi connectivity index (χ2n) is 6.17. The van der Waals surface area contributed by atoms with Gasteiger partial charge in [-0.3, -0.25) is 4.79 Å². The Morgan fingerprint density at radius 1 is 1.33 bits per heavy atom. The van der Waals surface area contributed by atoms with Gasteiger partial charge in [-0.05, 0) is 25.7 Å². The van der Waals surface area contributed by atoms with E-state index in [1.807, 2.05) is 11.0 Å². The van der Waals surface area contributed by atoms with Crippen molar-refractivity contribution < 1.29 is 14.1 Å². The number of rotatable bonds is 6. The number of ether oxygens (including phenoxy) is 1. The zero-order chi connectivity index (χ0) is 14.7. The van der Waals surface area contributed by atoms with Gasteiger partial charge < -0.3 is 14.2 Å². The Kier molecular flexibility index (Phi) is 4.58. The van der Waals surface area contributed by atoms with Crippen LogP contribution in [0.1, 0.15) is 67.1 Å². The molecule has 0 unspecified atom stereocenters. The molecular weight excluding hydrogens is 268 g/mol. The van der Waals surface area contributed by atoms with Crippen LogP contribution < -0.4 is 0 Å². The van der Waals surface area contributed by atoms with E-state index in [4.69, 9.17) is 9.26 Å². The molecule has 0 saturated heterocycles. The van der Waals surface area contributed by atoms with Crippen LogP contribution in [0.3, 0.4) is 0 Å². The van der Waals surface area contributed by atoms with E-state index in [1.165, 1.54) is 19.3 Å². The van der Waals surface area contributed by atoms with Crippen LogP contribution in [0.15, 0.2) is 10.6 Å². The van der Waals surface area contributed by atoms with Crippen molar-refractivity contribution >= 4 is 5.91 Å². The second-order valence-corrected chi connectivity index (χ2v) is 6.17. The molecule has 0 aliphatic heterocycles. The fourth-order valence-corrected chi connectivity index (χ4v) is 3.13. The van der Waals surface area contributed by atoms with Crippen molar-refractivity contribution in [1.29, 1.82) is 0 Å². The van der Waals surface area contributed by atoms with Gasteiger partial charge in [-0.25, -0.2) is 0 Å². The van der Waals surface area contributed by atoms with E-state index in [0.29, 0.717) is 30.8 Å². The van der Waals surface area contributed by atoms with Gasteiger partial charge >= 0.3 is 0 Å². The minimum Gasteiger partial charge on any atom is -0.383 e. The van der Waals surface area contributed by atoms with Crippen LogP contribution in [0.2, 0.25) is 0 Å². The molecule has 2 aliphatic carbocycles. The molecule has 21 heavy (non-hydrogen) atoms. The summed E-state index contributed by atoms with van der Waals surface area (Å²) < 4.78 is 10.5. The summed E-state index contributed by atoms with van der Waals surface area (Å²) >= 11 is 0. The Labute approximate surface area is 125 Å². The minimum atomic E-state index is -0.00500. The van der Waals surface area contributed by atoms with Crippen molar-refractivity contribution in [2.75, 3.05) is 20.3 Å². The van der Waals surface area contributed by atoms with E-state index in [-0.39, 0.29) is 5.91 Å². The van der Waals surface area contributed by atoms with E-state index in [1.54, 1.807) is 7.11 Å². The van der Waals surface area contributed by atoms with Gasteiger partial charge in [0, 0.05) is 31.7 Å². The molecule has 0 N–H and O–H groups in total. The number of carbonyl (C=O) groups excluding carboxylic acids is 1. The zero-order valence-corrected chi connectivity index (χ0v) is 12.7. The number of aromatic nitrogens is 1. The number of methoxy groups -OCH3 is 1. The lowest BCUT2D eigenvalue weighted by Crippen LogP contribution is -2.43. The molecule has 2 fully saturated rings. The molecule has 3 rings (SSSR count).